The van der Waals surface area contributed by atoms with Crippen LogP contribution < -0.4 is 4.72 Å². The number of anilines is 1. The topological polar surface area (TPSA) is 92.7 Å². The third-order valence-electron chi connectivity index (χ3n) is 4.49. The van der Waals surface area contributed by atoms with E-state index in [1.165, 1.54) is 30.3 Å². The fourth-order valence-corrected chi connectivity index (χ4v) is 6.40. The van der Waals surface area contributed by atoms with Crippen LogP contribution in [0.4, 0.5) is 5.69 Å². The van der Waals surface area contributed by atoms with Gasteiger partial charge < -0.3 is 9.84 Å². The minimum Gasteiger partial charge on any atom is -0.506 e. The van der Waals surface area contributed by atoms with Crippen LogP contribution in [0.15, 0.2) is 86.8 Å². The molecule has 0 atom stereocenters. The summed E-state index contributed by atoms with van der Waals surface area (Å²) in [6.07, 6.45) is 0. The van der Waals surface area contributed by atoms with Crippen molar-refractivity contribution in [1.29, 1.82) is 0 Å². The van der Waals surface area contributed by atoms with Crippen LogP contribution in [0.5, 0.6) is 5.75 Å². The Bertz CT molecular complexity index is 1360. The van der Waals surface area contributed by atoms with Crippen molar-refractivity contribution in [2.45, 2.75) is 14.7 Å². The Hall–Kier alpha value is -3.01. The lowest BCUT2D eigenvalue weighted by atomic mass is 10.1. The molecule has 1 heterocycles. The summed E-state index contributed by atoms with van der Waals surface area (Å²) in [7, 11) is -2.88. The lowest BCUT2D eigenvalue weighted by molar-refractivity contribution is 0.0602. The van der Waals surface area contributed by atoms with Gasteiger partial charge in [0.25, 0.3) is 10.0 Å². The molecule has 6 nitrogen and oxygen atoms in total. The first-order chi connectivity index (χ1) is 14.9. The molecule has 0 saturated carbocycles. The lowest BCUT2D eigenvalue weighted by Gasteiger charge is -2.15. The van der Waals surface area contributed by atoms with Gasteiger partial charge in [-0.15, -0.1) is 11.3 Å². The molecule has 2 N–H and O–H groups in total. The maximum atomic E-state index is 13.1. The number of phenolic OH excluding ortho intramolecular Hbond substituents is 1. The average molecular weight is 472 g/mol. The number of hydrogen-bond acceptors (Lipinski definition) is 7. The number of fused-ring (bicyclic) bond motifs is 1. The Morgan fingerprint density at radius 1 is 1.03 bits per heavy atom. The standard InChI is InChI=1S/C22H17NO5S3/c1-28-22(25)21-19(11-12-29-21)31(26,27)23-17-13-18(30-14-7-3-2-4-8-14)20(24)16-10-6-5-9-15(16)17/h2-13,23-24H,1H3. The summed E-state index contributed by atoms with van der Waals surface area (Å²) in [5.41, 5.74) is 0.300. The number of sulfonamides is 1. The monoisotopic (exact) mass is 471 g/mol. The average Bonchev–Trinajstić information content (AvgIpc) is 3.28. The number of carbonyl (C=O) groups excluding carboxylic acids is 1. The van der Waals surface area contributed by atoms with E-state index in [1.54, 1.807) is 30.3 Å². The van der Waals surface area contributed by atoms with Crippen molar-refractivity contribution in [3.63, 3.8) is 0 Å². The van der Waals surface area contributed by atoms with Crippen molar-refractivity contribution >= 4 is 55.6 Å². The largest absolute Gasteiger partial charge is 0.506 e. The summed E-state index contributed by atoms with van der Waals surface area (Å²) in [5, 5.41) is 13.4. The molecule has 4 aromatic rings. The third-order valence-corrected chi connectivity index (χ3v) is 7.96. The fraction of sp³-hybridized carbons (Fsp3) is 0.0455. The summed E-state index contributed by atoms with van der Waals surface area (Å²) in [4.78, 5) is 13.2. The van der Waals surface area contributed by atoms with E-state index in [4.69, 9.17) is 4.74 Å². The van der Waals surface area contributed by atoms with Gasteiger partial charge in [0.1, 0.15) is 15.5 Å². The SMILES string of the molecule is COC(=O)c1sccc1S(=O)(=O)Nc1cc(Sc2ccccc2)c(O)c2ccccc12. The summed E-state index contributed by atoms with van der Waals surface area (Å²) in [6, 6.07) is 19.4. The number of hydrogen-bond donors (Lipinski definition) is 2. The summed E-state index contributed by atoms with van der Waals surface area (Å²) in [5.74, 6) is -0.649. The molecule has 0 aliphatic heterocycles. The van der Waals surface area contributed by atoms with Gasteiger partial charge in [-0.25, -0.2) is 13.2 Å². The molecule has 0 saturated heterocycles. The number of benzene rings is 3. The van der Waals surface area contributed by atoms with Gasteiger partial charge in [-0.3, -0.25) is 4.72 Å². The minimum absolute atomic E-state index is 0.00281. The van der Waals surface area contributed by atoms with Crippen molar-refractivity contribution in [3.05, 3.63) is 77.0 Å². The first-order valence-electron chi connectivity index (χ1n) is 9.07. The van der Waals surface area contributed by atoms with E-state index in [9.17, 15) is 18.3 Å². The summed E-state index contributed by atoms with van der Waals surface area (Å²) >= 11 is 2.31. The van der Waals surface area contributed by atoms with Gasteiger partial charge in [-0.05, 0) is 29.6 Å². The number of ether oxygens (including phenoxy) is 1. The maximum Gasteiger partial charge on any atom is 0.349 e. The number of carbonyl (C=O) groups is 1. The molecule has 0 aliphatic rings. The fourth-order valence-electron chi connectivity index (χ4n) is 3.06. The van der Waals surface area contributed by atoms with E-state index in [-0.39, 0.29) is 15.5 Å². The molecular formula is C22H17NO5S3. The van der Waals surface area contributed by atoms with E-state index in [1.807, 2.05) is 30.3 Å². The number of methoxy groups -OCH3 is 1. The quantitative estimate of drug-likeness (QED) is 0.291. The number of nitrogens with one attached hydrogen (secondary N) is 1. The van der Waals surface area contributed by atoms with E-state index >= 15 is 0 Å². The molecule has 0 bridgehead atoms. The highest BCUT2D eigenvalue weighted by molar-refractivity contribution is 7.99. The molecular weight excluding hydrogens is 454 g/mol. The van der Waals surface area contributed by atoms with E-state index in [0.717, 1.165) is 16.2 Å². The van der Waals surface area contributed by atoms with Gasteiger partial charge >= 0.3 is 5.97 Å². The van der Waals surface area contributed by atoms with Crippen LogP contribution in [0.1, 0.15) is 9.67 Å². The second-order valence-electron chi connectivity index (χ2n) is 6.44. The van der Waals surface area contributed by atoms with Crippen molar-refractivity contribution in [2.75, 3.05) is 11.8 Å². The highest BCUT2D eigenvalue weighted by Gasteiger charge is 2.26. The number of rotatable bonds is 6. The first kappa shape index (κ1) is 21.2. The molecule has 31 heavy (non-hydrogen) atoms. The van der Waals surface area contributed by atoms with Crippen molar-refractivity contribution in [3.8, 4) is 5.75 Å². The molecule has 9 heteroatoms. The highest BCUT2D eigenvalue weighted by Crippen LogP contribution is 2.43. The zero-order chi connectivity index (χ0) is 22.0. The second-order valence-corrected chi connectivity index (χ2v) is 10.1. The predicted molar refractivity (Wildman–Crippen MR) is 123 cm³/mol. The van der Waals surface area contributed by atoms with Crippen LogP contribution in [0.25, 0.3) is 10.8 Å². The number of phenols is 1. The molecule has 0 spiro atoms. The van der Waals surface area contributed by atoms with Gasteiger partial charge in [0.2, 0.25) is 0 Å². The zero-order valence-electron chi connectivity index (χ0n) is 16.2. The van der Waals surface area contributed by atoms with Crippen molar-refractivity contribution < 1.29 is 23.1 Å². The van der Waals surface area contributed by atoms with Crippen LogP contribution in [0.2, 0.25) is 0 Å². The lowest BCUT2D eigenvalue weighted by Crippen LogP contribution is -2.16. The van der Waals surface area contributed by atoms with E-state index in [2.05, 4.69) is 4.72 Å². The van der Waals surface area contributed by atoms with Gasteiger partial charge in [-0.1, -0.05) is 54.2 Å². The maximum absolute atomic E-state index is 13.1. The Morgan fingerprint density at radius 3 is 2.42 bits per heavy atom. The Balaban J connectivity index is 1.81. The second kappa shape index (κ2) is 8.62. The van der Waals surface area contributed by atoms with Crippen molar-refractivity contribution in [1.82, 2.24) is 0 Å². The van der Waals surface area contributed by atoms with E-state index in [0.29, 0.717) is 21.4 Å². The summed E-state index contributed by atoms with van der Waals surface area (Å²) < 4.78 is 33.5. The Labute approximate surface area is 187 Å². The van der Waals surface area contributed by atoms with Crippen molar-refractivity contribution in [2.24, 2.45) is 0 Å². The molecule has 4 rings (SSSR count). The molecule has 0 aliphatic carbocycles. The van der Waals surface area contributed by atoms with E-state index < -0.39 is 16.0 Å². The highest BCUT2D eigenvalue weighted by atomic mass is 32.2. The number of thiophene rings is 1. The Kier molecular flexibility index (Phi) is 5.90. The number of esters is 1. The summed E-state index contributed by atoms with van der Waals surface area (Å²) in [6.45, 7) is 0. The molecule has 158 valence electrons. The van der Waals surface area contributed by atoms with Gasteiger partial charge in [-0.2, -0.15) is 0 Å². The smallest absolute Gasteiger partial charge is 0.349 e. The molecule has 0 unspecified atom stereocenters. The zero-order valence-corrected chi connectivity index (χ0v) is 18.7. The number of aromatic hydroxyl groups is 1. The van der Waals surface area contributed by atoms with Crippen LogP contribution >= 0.6 is 23.1 Å². The van der Waals surface area contributed by atoms with Crippen LogP contribution in [0, 0.1) is 0 Å². The third kappa shape index (κ3) is 4.25. The normalized spacial score (nSPS) is 11.4. The molecule has 0 fully saturated rings. The molecule has 0 amide bonds. The van der Waals surface area contributed by atoms with Crippen LogP contribution in [-0.4, -0.2) is 26.6 Å². The molecule has 1 aromatic heterocycles. The molecule has 3 aromatic carbocycles. The van der Waals surface area contributed by atoms with Gasteiger partial charge in [0, 0.05) is 15.7 Å². The molecule has 0 radical (unpaired) electrons. The predicted octanol–water partition coefficient (Wildman–Crippen LogP) is 5.35. The first-order valence-corrected chi connectivity index (χ1v) is 12.2. The van der Waals surface area contributed by atoms with Crippen LogP contribution in [0.3, 0.4) is 0 Å². The minimum atomic E-state index is -4.08. The van der Waals surface area contributed by atoms with Gasteiger partial charge in [0.15, 0.2) is 0 Å². The van der Waals surface area contributed by atoms with Gasteiger partial charge in [0.05, 0.1) is 17.7 Å². The van der Waals surface area contributed by atoms with Crippen LogP contribution in [-0.2, 0) is 14.8 Å². The Morgan fingerprint density at radius 2 is 1.71 bits per heavy atom.